The number of hydrogen-bond donors (Lipinski definition) is 0. The number of hydrogen-bond acceptors (Lipinski definition) is 2. The van der Waals surface area contributed by atoms with Crippen LogP contribution in [-0.2, 0) is 30.3 Å². The van der Waals surface area contributed by atoms with Gasteiger partial charge in [0.1, 0.15) is 0 Å². The molecule has 0 aliphatic heterocycles. The Morgan fingerprint density at radius 2 is 1.38 bits per heavy atom. The Kier molecular flexibility index (Phi) is 9.49. The molecule has 0 saturated carbocycles. The molecular weight excluding hydrogens is 358 g/mol. The molecule has 16 heavy (non-hydrogen) atoms. The third-order valence-electron chi connectivity index (χ3n) is 1.89. The van der Waals surface area contributed by atoms with E-state index in [1.807, 2.05) is 0 Å². The van der Waals surface area contributed by atoms with Crippen molar-refractivity contribution in [3.05, 3.63) is 35.4 Å². The molecule has 2 nitrogen and oxygen atoms in total. The van der Waals surface area contributed by atoms with Crippen LogP contribution in [0.15, 0.2) is 18.2 Å². The maximum atomic E-state index is 3.42. The Morgan fingerprint density at radius 1 is 1.00 bits per heavy atom. The zero-order chi connectivity index (χ0) is 12.6. The van der Waals surface area contributed by atoms with Gasteiger partial charge in [-0.25, -0.2) is 0 Å². The first-order valence-electron chi connectivity index (χ1n) is 4.99. The first kappa shape index (κ1) is 16.3. The summed E-state index contributed by atoms with van der Waals surface area (Å²) in [7, 11) is 8.30. The predicted molar refractivity (Wildman–Crippen MR) is 69.0 cm³/mol. The Hall–Kier alpha value is 0.282. The number of halogens is 1. The Morgan fingerprint density at radius 3 is 1.69 bits per heavy atom. The molecule has 0 bridgehead atoms. The second kappa shape index (κ2) is 9.33. The summed E-state index contributed by atoms with van der Waals surface area (Å²) in [5, 5.41) is 0. The van der Waals surface area contributed by atoms with E-state index >= 15 is 0 Å². The molecule has 0 atom stereocenters. The van der Waals surface area contributed by atoms with E-state index in [4.69, 9.17) is 0 Å². The quantitative estimate of drug-likeness (QED) is 0.587. The van der Waals surface area contributed by atoms with Crippen molar-refractivity contribution in [1.29, 1.82) is 0 Å². The topological polar surface area (TPSA) is 6.48 Å². The maximum absolute atomic E-state index is 3.42. The van der Waals surface area contributed by atoms with Gasteiger partial charge in [0.2, 0.25) is 0 Å². The summed E-state index contributed by atoms with van der Waals surface area (Å²) >= 11 is 5.35. The second-order valence-electron chi connectivity index (χ2n) is 4.18. The van der Waals surface area contributed by atoms with E-state index in [1.165, 1.54) is 11.1 Å². The normalized spacial score (nSPS) is 10.3. The van der Waals surface area contributed by atoms with Crippen molar-refractivity contribution < 1.29 is 17.2 Å². The van der Waals surface area contributed by atoms with Crippen LogP contribution < -0.4 is 0 Å². The molecule has 0 saturated heterocycles. The number of nitrogens with zero attached hydrogens (tertiary/aromatic N) is 2. The van der Waals surface area contributed by atoms with Gasteiger partial charge in [-0.2, -0.15) is 24.3 Å². The van der Waals surface area contributed by atoms with E-state index < -0.39 is 0 Å². The van der Waals surface area contributed by atoms with Gasteiger partial charge in [-0.3, -0.25) is 0 Å². The van der Waals surface area contributed by atoms with Crippen molar-refractivity contribution in [3.63, 3.8) is 0 Å². The molecule has 1 aromatic rings. The predicted octanol–water partition coefficient (Wildman–Crippen LogP) is 2.45. The minimum atomic E-state index is 0.960. The van der Waals surface area contributed by atoms with Crippen molar-refractivity contribution in [1.82, 2.24) is 9.80 Å². The van der Waals surface area contributed by atoms with Crippen LogP contribution in [0, 0.1) is 6.07 Å². The first-order chi connectivity index (χ1) is 7.58. The fourth-order valence-corrected chi connectivity index (χ4v) is 1.44. The second-order valence-corrected chi connectivity index (χ2v) is 4.18. The molecule has 0 amide bonds. The third-order valence-corrected chi connectivity index (χ3v) is 1.89. The molecule has 0 heterocycles. The van der Waals surface area contributed by atoms with Crippen LogP contribution in [0.3, 0.4) is 0 Å². The van der Waals surface area contributed by atoms with Crippen LogP contribution in [-0.4, -0.2) is 38.0 Å². The van der Waals surface area contributed by atoms with E-state index in [0.717, 1.165) is 13.1 Å². The van der Waals surface area contributed by atoms with Gasteiger partial charge in [-0.05, 0) is 28.2 Å². The Balaban J connectivity index is 0.00000106. The van der Waals surface area contributed by atoms with Crippen LogP contribution in [0.4, 0.5) is 0 Å². The molecule has 0 aliphatic carbocycles. The zero-order valence-corrected chi connectivity index (χ0v) is 13.4. The van der Waals surface area contributed by atoms with Crippen LogP contribution in [0.2, 0.25) is 0 Å². The van der Waals surface area contributed by atoms with Crippen molar-refractivity contribution >= 4 is 13.4 Å². The minimum absolute atomic E-state index is 0.960. The molecule has 1 rings (SSSR count). The van der Waals surface area contributed by atoms with Crippen LogP contribution in [0.1, 0.15) is 11.1 Å². The van der Waals surface area contributed by atoms with Gasteiger partial charge in [0.25, 0.3) is 0 Å². The van der Waals surface area contributed by atoms with Crippen molar-refractivity contribution in [3.8, 4) is 0 Å². The van der Waals surface area contributed by atoms with Gasteiger partial charge < -0.3 is 9.80 Å². The van der Waals surface area contributed by atoms with Crippen molar-refractivity contribution in [2.24, 2.45) is 0 Å². The average molecular weight is 378 g/mol. The van der Waals surface area contributed by atoms with Gasteiger partial charge in [0.05, 0.1) is 0 Å². The van der Waals surface area contributed by atoms with E-state index in [2.05, 4.69) is 92.9 Å². The van der Waals surface area contributed by atoms with Gasteiger partial charge >= 0.3 is 30.6 Å². The molecule has 0 fully saturated rings. The molecule has 0 aliphatic rings. The Labute approximate surface area is 117 Å². The average Bonchev–Trinajstić information content (AvgIpc) is 2.19. The molecule has 0 radical (unpaired) electrons. The molecule has 0 spiro atoms. The van der Waals surface area contributed by atoms with Crippen LogP contribution in [0.5, 0.6) is 0 Å². The van der Waals surface area contributed by atoms with Crippen molar-refractivity contribution in [2.75, 3.05) is 28.2 Å². The summed E-state index contributed by atoms with van der Waals surface area (Å²) in [6.07, 6.45) is 0. The Bertz CT molecular complexity index is 265. The van der Waals surface area contributed by atoms with Gasteiger partial charge in [-0.1, -0.05) is 0 Å². The van der Waals surface area contributed by atoms with E-state index in [1.54, 1.807) is 0 Å². The van der Waals surface area contributed by atoms with Crippen LogP contribution >= 0.6 is 13.4 Å². The number of benzene rings is 1. The summed E-state index contributed by atoms with van der Waals surface area (Å²) < 4.78 is 0. The molecule has 0 aromatic heterocycles. The van der Waals surface area contributed by atoms with Crippen LogP contribution in [0.25, 0.3) is 0 Å². The monoisotopic (exact) mass is 376 g/mol. The molecule has 0 unspecified atom stereocenters. The summed E-state index contributed by atoms with van der Waals surface area (Å²) in [4.78, 5) is 4.32. The molecule has 4 heteroatoms. The molecule has 94 valence electrons. The standard InChI is InChI=1S/C12H19N2.BrH.Pd/c1-13(2)9-11-6-5-7-12(8-11)10-14(3)4;;/h5-7H,9-10H2,1-4H3;1H;/q-1;;+2/p-1. The van der Waals surface area contributed by atoms with Crippen molar-refractivity contribution in [2.45, 2.75) is 13.1 Å². The van der Waals surface area contributed by atoms with E-state index in [0.29, 0.717) is 0 Å². The SMILES string of the molecule is CN(C)Cc1[c-]c(CN(C)C)ccc1.[Br][Pd+]. The fourth-order valence-electron chi connectivity index (χ4n) is 1.44. The molecular formula is C12H19BrN2Pd. The van der Waals surface area contributed by atoms with Gasteiger partial charge in [-0.15, -0.1) is 11.1 Å². The summed E-state index contributed by atoms with van der Waals surface area (Å²) in [5.41, 5.74) is 2.52. The van der Waals surface area contributed by atoms with Gasteiger partial charge in [0.15, 0.2) is 0 Å². The van der Waals surface area contributed by atoms with Gasteiger partial charge in [0, 0.05) is 13.1 Å². The summed E-state index contributed by atoms with van der Waals surface area (Å²) in [6.45, 7) is 1.92. The first-order valence-corrected chi connectivity index (χ1v) is 8.55. The third kappa shape index (κ3) is 7.54. The zero-order valence-electron chi connectivity index (χ0n) is 10.2. The van der Waals surface area contributed by atoms with E-state index in [9.17, 15) is 0 Å². The molecule has 1 aromatic carbocycles. The fraction of sp³-hybridized carbons (Fsp3) is 0.500. The van der Waals surface area contributed by atoms with E-state index in [-0.39, 0.29) is 0 Å². The summed E-state index contributed by atoms with van der Waals surface area (Å²) in [5.74, 6) is 0. The summed E-state index contributed by atoms with van der Waals surface area (Å²) in [6, 6.07) is 9.78. The molecule has 0 N–H and O–H groups in total. The number of rotatable bonds is 4.